The first kappa shape index (κ1) is 17.0. The van der Waals surface area contributed by atoms with Gasteiger partial charge in [-0.25, -0.2) is 0 Å². The molecule has 0 fully saturated rings. The highest BCUT2D eigenvalue weighted by molar-refractivity contribution is 4.49. The first-order chi connectivity index (χ1) is 8.91. The second-order valence-electron chi connectivity index (χ2n) is 3.71. The van der Waals surface area contributed by atoms with Crippen molar-refractivity contribution in [2.75, 3.05) is 39.6 Å². The highest BCUT2D eigenvalue weighted by Gasteiger charge is 1.92. The van der Waals surface area contributed by atoms with Crippen LogP contribution in [0, 0.1) is 0 Å². The maximum absolute atomic E-state index is 5.41. The van der Waals surface area contributed by atoms with Gasteiger partial charge in [0.15, 0.2) is 0 Å². The van der Waals surface area contributed by atoms with Crippen molar-refractivity contribution in [1.82, 2.24) is 0 Å². The zero-order chi connectivity index (χ0) is 13.3. The summed E-state index contributed by atoms with van der Waals surface area (Å²) in [6.07, 6.45) is 6.94. The largest absolute Gasteiger partial charge is 0.502 e. The van der Waals surface area contributed by atoms with Gasteiger partial charge in [0.25, 0.3) is 0 Å². The third-order valence-electron chi connectivity index (χ3n) is 2.21. The number of hydrogen-bond donors (Lipinski definition) is 0. The molecule has 4 heteroatoms. The van der Waals surface area contributed by atoms with Gasteiger partial charge in [0.05, 0.1) is 39.0 Å². The molecule has 0 bridgehead atoms. The van der Waals surface area contributed by atoms with E-state index in [1.165, 1.54) is 12.5 Å². The Labute approximate surface area is 111 Å². The Balaban J connectivity index is 2.90. The summed E-state index contributed by atoms with van der Waals surface area (Å²) >= 11 is 0. The molecule has 18 heavy (non-hydrogen) atoms. The summed E-state index contributed by atoms with van der Waals surface area (Å²) in [5, 5.41) is 0. The Morgan fingerprint density at radius 2 is 0.944 bits per heavy atom. The molecule has 106 valence electrons. The highest BCUT2D eigenvalue weighted by Crippen LogP contribution is 1.93. The molecule has 0 saturated carbocycles. The topological polar surface area (TPSA) is 36.9 Å². The highest BCUT2D eigenvalue weighted by atomic mass is 16.5. The number of rotatable bonds is 15. The van der Waals surface area contributed by atoms with E-state index in [0.717, 1.165) is 52.1 Å². The van der Waals surface area contributed by atoms with Crippen molar-refractivity contribution in [3.63, 3.8) is 0 Å². The van der Waals surface area contributed by atoms with Crippen LogP contribution in [0.5, 0.6) is 0 Å². The molecule has 0 rings (SSSR count). The zero-order valence-corrected chi connectivity index (χ0v) is 11.3. The monoisotopic (exact) mass is 258 g/mol. The van der Waals surface area contributed by atoms with Gasteiger partial charge in [0.1, 0.15) is 0 Å². The second-order valence-corrected chi connectivity index (χ2v) is 3.71. The quantitative estimate of drug-likeness (QED) is 0.334. The lowest BCUT2D eigenvalue weighted by atomic mass is 10.3. The molecule has 0 aromatic rings. The van der Waals surface area contributed by atoms with Crippen LogP contribution in [0.15, 0.2) is 25.7 Å². The Bertz CT molecular complexity index is 163. The van der Waals surface area contributed by atoms with Crippen LogP contribution < -0.4 is 0 Å². The van der Waals surface area contributed by atoms with Crippen LogP contribution in [0.25, 0.3) is 0 Å². The minimum Gasteiger partial charge on any atom is -0.502 e. The summed E-state index contributed by atoms with van der Waals surface area (Å²) in [5.41, 5.74) is 0. The van der Waals surface area contributed by atoms with Crippen molar-refractivity contribution >= 4 is 0 Å². The van der Waals surface area contributed by atoms with E-state index in [9.17, 15) is 0 Å². The maximum atomic E-state index is 5.41. The van der Waals surface area contributed by atoms with Crippen LogP contribution in [-0.2, 0) is 18.9 Å². The molecule has 0 amide bonds. The van der Waals surface area contributed by atoms with Crippen LogP contribution in [0.4, 0.5) is 0 Å². The number of ether oxygens (including phenoxy) is 4. The van der Waals surface area contributed by atoms with Crippen LogP contribution in [0.2, 0.25) is 0 Å². The fraction of sp³-hybridized carbons (Fsp3) is 0.714. The van der Waals surface area contributed by atoms with Crippen LogP contribution in [0.1, 0.15) is 25.7 Å². The molecular weight excluding hydrogens is 232 g/mol. The van der Waals surface area contributed by atoms with Crippen LogP contribution in [-0.4, -0.2) is 39.6 Å². The number of unbranched alkanes of at least 4 members (excludes halogenated alkanes) is 2. The zero-order valence-electron chi connectivity index (χ0n) is 11.3. The standard InChI is InChI=1S/C14H26O4/c1-3-15-9-5-7-11-17-13-14-18-12-8-6-10-16-4-2/h3-4H,1-2,5-14H2. The maximum Gasteiger partial charge on any atom is 0.0873 e. The first-order valence-electron chi connectivity index (χ1n) is 6.52. The van der Waals surface area contributed by atoms with Gasteiger partial charge < -0.3 is 18.9 Å². The van der Waals surface area contributed by atoms with E-state index in [1.807, 2.05) is 0 Å². The minimum absolute atomic E-state index is 0.658. The molecule has 0 aliphatic rings. The number of hydrogen-bond acceptors (Lipinski definition) is 4. The van der Waals surface area contributed by atoms with Crippen molar-refractivity contribution in [1.29, 1.82) is 0 Å². The molecule has 0 aliphatic heterocycles. The normalized spacial score (nSPS) is 10.0. The van der Waals surface area contributed by atoms with E-state index in [2.05, 4.69) is 13.2 Å². The Morgan fingerprint density at radius 3 is 1.33 bits per heavy atom. The lowest BCUT2D eigenvalue weighted by Crippen LogP contribution is -2.07. The van der Waals surface area contributed by atoms with Crippen molar-refractivity contribution in [2.45, 2.75) is 25.7 Å². The molecule has 0 aromatic carbocycles. The first-order valence-corrected chi connectivity index (χ1v) is 6.52. The molecule has 0 atom stereocenters. The lowest BCUT2D eigenvalue weighted by molar-refractivity contribution is 0.0425. The van der Waals surface area contributed by atoms with E-state index in [-0.39, 0.29) is 0 Å². The van der Waals surface area contributed by atoms with Gasteiger partial charge in [-0.1, -0.05) is 13.2 Å². The summed E-state index contributed by atoms with van der Waals surface area (Å²) < 4.78 is 20.8. The van der Waals surface area contributed by atoms with E-state index < -0.39 is 0 Å². The molecule has 0 unspecified atom stereocenters. The third kappa shape index (κ3) is 15.0. The molecule has 0 radical (unpaired) electrons. The van der Waals surface area contributed by atoms with Gasteiger partial charge in [0, 0.05) is 13.2 Å². The average Bonchev–Trinajstić information content (AvgIpc) is 2.39. The Kier molecular flexibility index (Phi) is 15.1. The van der Waals surface area contributed by atoms with Gasteiger partial charge in [-0.15, -0.1) is 0 Å². The average molecular weight is 258 g/mol. The molecular formula is C14H26O4. The third-order valence-corrected chi connectivity index (χ3v) is 2.21. The smallest absolute Gasteiger partial charge is 0.0873 e. The summed E-state index contributed by atoms with van der Waals surface area (Å²) in [6, 6.07) is 0. The van der Waals surface area contributed by atoms with Gasteiger partial charge in [-0.2, -0.15) is 0 Å². The molecule has 0 heterocycles. The van der Waals surface area contributed by atoms with Crippen molar-refractivity contribution < 1.29 is 18.9 Å². The SMILES string of the molecule is C=COCCCCOCCOCCCCOC=C. The Morgan fingerprint density at radius 1 is 0.556 bits per heavy atom. The van der Waals surface area contributed by atoms with Crippen molar-refractivity contribution in [3.8, 4) is 0 Å². The predicted molar refractivity (Wildman–Crippen MR) is 72.4 cm³/mol. The van der Waals surface area contributed by atoms with E-state index in [1.54, 1.807) is 0 Å². The molecule has 0 saturated heterocycles. The predicted octanol–water partition coefficient (Wildman–Crippen LogP) is 2.90. The van der Waals surface area contributed by atoms with Crippen LogP contribution >= 0.6 is 0 Å². The second kappa shape index (κ2) is 16.0. The summed E-state index contributed by atoms with van der Waals surface area (Å²) in [7, 11) is 0. The van der Waals surface area contributed by atoms with Crippen molar-refractivity contribution in [3.05, 3.63) is 25.7 Å². The van der Waals surface area contributed by atoms with E-state index in [0.29, 0.717) is 13.2 Å². The van der Waals surface area contributed by atoms with Crippen molar-refractivity contribution in [2.24, 2.45) is 0 Å². The fourth-order valence-corrected chi connectivity index (χ4v) is 1.27. The summed E-state index contributed by atoms with van der Waals surface area (Å²) in [6.45, 7) is 11.2. The van der Waals surface area contributed by atoms with Crippen LogP contribution in [0.3, 0.4) is 0 Å². The van der Waals surface area contributed by atoms with Gasteiger partial charge in [-0.05, 0) is 25.7 Å². The molecule has 4 nitrogen and oxygen atoms in total. The van der Waals surface area contributed by atoms with Gasteiger partial charge in [-0.3, -0.25) is 0 Å². The minimum atomic E-state index is 0.658. The fourth-order valence-electron chi connectivity index (χ4n) is 1.27. The van der Waals surface area contributed by atoms with Gasteiger partial charge in [0.2, 0.25) is 0 Å². The van der Waals surface area contributed by atoms with Gasteiger partial charge >= 0.3 is 0 Å². The summed E-state index contributed by atoms with van der Waals surface area (Å²) in [4.78, 5) is 0. The molecule has 0 aromatic heterocycles. The Hall–Kier alpha value is -1.00. The lowest BCUT2D eigenvalue weighted by Gasteiger charge is -2.06. The molecule has 0 spiro atoms. The van der Waals surface area contributed by atoms with E-state index >= 15 is 0 Å². The molecule has 0 aliphatic carbocycles. The van der Waals surface area contributed by atoms with E-state index in [4.69, 9.17) is 18.9 Å². The summed E-state index contributed by atoms with van der Waals surface area (Å²) in [5.74, 6) is 0. The molecule has 0 N–H and O–H groups in total.